The molecule has 0 saturated carbocycles. The second kappa shape index (κ2) is 3.95. The van der Waals surface area contributed by atoms with Gasteiger partial charge in [-0.3, -0.25) is 9.10 Å². The summed E-state index contributed by atoms with van der Waals surface area (Å²) < 4.78 is 1.36. The van der Waals surface area contributed by atoms with Gasteiger partial charge in [-0.25, -0.2) is 0 Å². The van der Waals surface area contributed by atoms with Gasteiger partial charge in [0, 0.05) is 12.3 Å². The van der Waals surface area contributed by atoms with Crippen molar-refractivity contribution in [2.75, 3.05) is 4.31 Å². The predicted molar refractivity (Wildman–Crippen MR) is 66.1 cm³/mol. The Morgan fingerprint density at radius 3 is 2.53 bits per heavy atom. The van der Waals surface area contributed by atoms with E-state index >= 15 is 0 Å². The van der Waals surface area contributed by atoms with E-state index < -0.39 is 0 Å². The minimum atomic E-state index is -0.0883. The van der Waals surface area contributed by atoms with Gasteiger partial charge in [0.2, 0.25) is 5.91 Å². The molecule has 2 aromatic carbocycles. The Kier molecular flexibility index (Phi) is 2.64. The lowest BCUT2D eigenvalue weighted by Gasteiger charge is -2.15. The van der Waals surface area contributed by atoms with Crippen molar-refractivity contribution in [2.24, 2.45) is 0 Å². The van der Waals surface area contributed by atoms with Crippen molar-refractivity contribution in [1.82, 2.24) is 0 Å². The van der Waals surface area contributed by atoms with Crippen molar-refractivity contribution < 1.29 is 4.79 Å². The molecule has 0 aliphatic rings. The third-order valence-electron chi connectivity index (χ3n) is 2.29. The Hall–Kier alpha value is -1.48. The lowest BCUT2D eigenvalue weighted by atomic mass is 10.1. The van der Waals surface area contributed by atoms with Crippen molar-refractivity contribution in [1.29, 1.82) is 0 Å². The zero-order chi connectivity index (χ0) is 10.8. The highest BCUT2D eigenvalue weighted by Gasteiger charge is 2.09. The van der Waals surface area contributed by atoms with Crippen molar-refractivity contribution in [2.45, 2.75) is 6.92 Å². The molecule has 0 aromatic heterocycles. The van der Waals surface area contributed by atoms with E-state index in [-0.39, 0.29) is 5.91 Å². The number of carbonyl (C=O) groups excluding carboxylic acids is 1. The van der Waals surface area contributed by atoms with E-state index in [0.717, 1.165) is 16.5 Å². The first-order valence-electron chi connectivity index (χ1n) is 4.67. The van der Waals surface area contributed by atoms with Crippen LogP contribution in [-0.2, 0) is 4.79 Å². The summed E-state index contributed by atoms with van der Waals surface area (Å²) >= 11 is 4.17. The number of amides is 1. The number of nitrogens with zero attached hydrogens (tertiary/aromatic N) is 1. The second-order valence-corrected chi connectivity index (χ2v) is 3.73. The lowest BCUT2D eigenvalue weighted by molar-refractivity contribution is -0.115. The van der Waals surface area contributed by atoms with Crippen LogP contribution in [0.5, 0.6) is 0 Å². The smallest absolute Gasteiger partial charge is 0.233 e. The Bertz CT molecular complexity index is 504. The predicted octanol–water partition coefficient (Wildman–Crippen LogP) is 3.04. The lowest BCUT2D eigenvalue weighted by Crippen LogP contribution is -2.16. The van der Waals surface area contributed by atoms with E-state index in [1.54, 1.807) is 0 Å². The SMILES string of the molecule is CC(=O)N(S)c1cccc2ccccc12. The Morgan fingerprint density at radius 1 is 1.13 bits per heavy atom. The van der Waals surface area contributed by atoms with Gasteiger partial charge in [0.25, 0.3) is 0 Å². The molecule has 76 valence electrons. The molecule has 0 heterocycles. The van der Waals surface area contributed by atoms with Crippen LogP contribution >= 0.6 is 12.8 Å². The van der Waals surface area contributed by atoms with Gasteiger partial charge >= 0.3 is 0 Å². The fourth-order valence-electron chi connectivity index (χ4n) is 1.56. The van der Waals surface area contributed by atoms with Gasteiger partial charge in [-0.15, -0.1) is 0 Å². The standard InChI is InChI=1S/C12H11NOS/c1-9(14)13(15)12-8-4-6-10-5-2-3-7-11(10)12/h2-8,15H,1H3. The molecule has 0 aliphatic heterocycles. The van der Waals surface area contributed by atoms with Crippen LogP contribution in [0.1, 0.15) is 6.92 Å². The Labute approximate surface area is 94.1 Å². The maximum Gasteiger partial charge on any atom is 0.233 e. The van der Waals surface area contributed by atoms with Gasteiger partial charge in [0.05, 0.1) is 5.69 Å². The molecule has 0 N–H and O–H groups in total. The molecule has 0 aliphatic carbocycles. The molecule has 0 bridgehead atoms. The van der Waals surface area contributed by atoms with Crippen LogP contribution in [0.4, 0.5) is 5.69 Å². The summed E-state index contributed by atoms with van der Waals surface area (Å²) in [5, 5.41) is 2.14. The number of fused-ring (bicyclic) bond motifs is 1. The molecule has 15 heavy (non-hydrogen) atoms. The molecule has 0 spiro atoms. The molecule has 2 aromatic rings. The molecule has 2 rings (SSSR count). The van der Waals surface area contributed by atoms with Crippen LogP contribution in [0, 0.1) is 0 Å². The maximum absolute atomic E-state index is 11.2. The highest BCUT2D eigenvalue weighted by molar-refractivity contribution is 7.82. The molecule has 1 amide bonds. The molecule has 3 heteroatoms. The van der Waals surface area contributed by atoms with Gasteiger partial charge in [-0.05, 0) is 11.5 Å². The van der Waals surface area contributed by atoms with Crippen molar-refractivity contribution in [3.8, 4) is 0 Å². The summed E-state index contributed by atoms with van der Waals surface area (Å²) in [5.74, 6) is -0.0883. The average molecular weight is 217 g/mol. The van der Waals surface area contributed by atoms with Gasteiger partial charge < -0.3 is 0 Å². The summed E-state index contributed by atoms with van der Waals surface area (Å²) in [5.41, 5.74) is 0.823. The van der Waals surface area contributed by atoms with E-state index in [9.17, 15) is 4.79 Å². The topological polar surface area (TPSA) is 20.3 Å². The van der Waals surface area contributed by atoms with Gasteiger partial charge in [0.15, 0.2) is 0 Å². The van der Waals surface area contributed by atoms with Gasteiger partial charge in [-0.2, -0.15) is 0 Å². The number of rotatable bonds is 1. The Balaban J connectivity index is 2.65. The van der Waals surface area contributed by atoms with E-state index in [2.05, 4.69) is 12.8 Å². The summed E-state index contributed by atoms with van der Waals surface area (Å²) in [4.78, 5) is 11.2. The summed E-state index contributed by atoms with van der Waals surface area (Å²) in [6.45, 7) is 1.49. The van der Waals surface area contributed by atoms with Gasteiger partial charge in [0.1, 0.15) is 0 Å². The highest BCUT2D eigenvalue weighted by atomic mass is 32.1. The Morgan fingerprint density at radius 2 is 1.80 bits per heavy atom. The third-order valence-corrected chi connectivity index (χ3v) is 2.79. The normalized spacial score (nSPS) is 10.3. The number of thiol groups is 1. The van der Waals surface area contributed by atoms with E-state index in [0.29, 0.717) is 0 Å². The zero-order valence-corrected chi connectivity index (χ0v) is 9.24. The summed E-state index contributed by atoms with van der Waals surface area (Å²) in [6, 6.07) is 13.7. The minimum absolute atomic E-state index is 0.0883. The van der Waals surface area contributed by atoms with Crippen LogP contribution in [0.2, 0.25) is 0 Å². The first-order valence-corrected chi connectivity index (χ1v) is 5.07. The van der Waals surface area contributed by atoms with Crippen LogP contribution in [0.15, 0.2) is 42.5 Å². The molecule has 0 unspecified atom stereocenters. The van der Waals surface area contributed by atoms with Crippen LogP contribution in [-0.4, -0.2) is 5.91 Å². The summed E-state index contributed by atoms with van der Waals surface area (Å²) in [6.07, 6.45) is 0. The van der Waals surface area contributed by atoms with Crippen LogP contribution in [0.3, 0.4) is 0 Å². The van der Waals surface area contributed by atoms with Gasteiger partial charge in [-0.1, -0.05) is 49.2 Å². The minimum Gasteiger partial charge on any atom is -0.274 e. The molecule has 0 fully saturated rings. The number of hydrogen-bond donors (Lipinski definition) is 1. The van der Waals surface area contributed by atoms with E-state index in [1.165, 1.54) is 11.2 Å². The average Bonchev–Trinajstić information content (AvgIpc) is 2.27. The third kappa shape index (κ3) is 1.83. The van der Waals surface area contributed by atoms with Crippen molar-refractivity contribution in [3.05, 3.63) is 42.5 Å². The number of hydrogen-bond acceptors (Lipinski definition) is 2. The first kappa shape index (κ1) is 10.1. The largest absolute Gasteiger partial charge is 0.274 e. The molecular formula is C12H11NOS. The van der Waals surface area contributed by atoms with Crippen LogP contribution in [0.25, 0.3) is 10.8 Å². The van der Waals surface area contributed by atoms with Crippen molar-refractivity contribution in [3.63, 3.8) is 0 Å². The van der Waals surface area contributed by atoms with Crippen LogP contribution < -0.4 is 4.31 Å². The quantitative estimate of drug-likeness (QED) is 0.728. The monoisotopic (exact) mass is 217 g/mol. The fraction of sp³-hybridized carbons (Fsp3) is 0.0833. The number of carbonyl (C=O) groups is 1. The molecule has 0 saturated heterocycles. The van der Waals surface area contributed by atoms with E-state index in [4.69, 9.17) is 0 Å². The molecule has 0 radical (unpaired) electrons. The molecule has 0 atom stereocenters. The molecule has 2 nitrogen and oxygen atoms in total. The molecular weight excluding hydrogens is 206 g/mol. The number of benzene rings is 2. The highest BCUT2D eigenvalue weighted by Crippen LogP contribution is 2.27. The first-order chi connectivity index (χ1) is 7.20. The zero-order valence-electron chi connectivity index (χ0n) is 8.34. The fourth-order valence-corrected chi connectivity index (χ4v) is 1.74. The second-order valence-electron chi connectivity index (χ2n) is 3.33. The number of anilines is 1. The van der Waals surface area contributed by atoms with E-state index in [1.807, 2.05) is 42.5 Å². The maximum atomic E-state index is 11.2. The summed E-state index contributed by atoms with van der Waals surface area (Å²) in [7, 11) is 0. The van der Waals surface area contributed by atoms with Crippen molar-refractivity contribution >= 4 is 35.2 Å².